The largest absolute Gasteiger partial charge is 0.500 e. The van der Waals surface area contributed by atoms with Gasteiger partial charge in [-0.15, -0.1) is 0 Å². The van der Waals surface area contributed by atoms with E-state index in [0.29, 0.717) is 12.2 Å². The molecule has 2 rings (SSSR count). The smallest absolute Gasteiger partial charge is 0.379 e. The Kier molecular flexibility index (Phi) is 10.0. The predicted molar refractivity (Wildman–Crippen MR) is 90.4 cm³/mol. The Bertz CT molecular complexity index is 300. The van der Waals surface area contributed by atoms with E-state index >= 15 is 0 Å². The molecular weight excluding hydrogens is 336 g/mol. The van der Waals surface area contributed by atoms with Gasteiger partial charge in [0.15, 0.2) is 0 Å². The minimum atomic E-state index is -2.35. The monoisotopic (exact) mass is 368 g/mol. The van der Waals surface area contributed by atoms with E-state index in [2.05, 4.69) is 0 Å². The van der Waals surface area contributed by atoms with Crippen LogP contribution in [-0.2, 0) is 31.3 Å². The van der Waals surface area contributed by atoms with Gasteiger partial charge in [-0.25, -0.2) is 0 Å². The zero-order valence-electron chi connectivity index (χ0n) is 15.2. The Hall–Kier alpha value is 0.154. The van der Waals surface area contributed by atoms with Crippen molar-refractivity contribution in [2.75, 3.05) is 42.7 Å². The van der Waals surface area contributed by atoms with Crippen LogP contribution in [0.4, 0.5) is 0 Å². The highest BCUT2D eigenvalue weighted by molar-refractivity contribution is 6.60. The molecule has 0 radical (unpaired) electrons. The lowest BCUT2D eigenvalue weighted by molar-refractivity contribution is 0.120. The maximum Gasteiger partial charge on any atom is 0.500 e. The van der Waals surface area contributed by atoms with E-state index in [9.17, 15) is 0 Å². The molecule has 0 aromatic carbocycles. The maximum absolute atomic E-state index is 5.54. The van der Waals surface area contributed by atoms with Crippen molar-refractivity contribution in [3.8, 4) is 0 Å². The molecule has 0 amide bonds. The normalized spacial score (nSPS) is 26.5. The van der Waals surface area contributed by atoms with Crippen molar-refractivity contribution in [3.63, 3.8) is 0 Å². The molecule has 0 bridgehead atoms. The number of rotatable bonds is 9. The zero-order valence-corrected chi connectivity index (χ0v) is 17.4. The van der Waals surface area contributed by atoms with Crippen molar-refractivity contribution in [2.45, 2.75) is 43.9 Å². The Labute approximate surface area is 142 Å². The summed E-state index contributed by atoms with van der Waals surface area (Å²) in [5.41, 5.74) is 0. The first-order valence-electron chi connectivity index (χ1n) is 7.97. The van der Waals surface area contributed by atoms with Gasteiger partial charge in [0, 0.05) is 48.7 Å². The minimum Gasteiger partial charge on any atom is -0.379 e. The fourth-order valence-electron chi connectivity index (χ4n) is 2.97. The van der Waals surface area contributed by atoms with E-state index in [1.54, 1.807) is 42.7 Å². The van der Waals surface area contributed by atoms with Crippen LogP contribution in [0.15, 0.2) is 0 Å². The van der Waals surface area contributed by atoms with Crippen LogP contribution in [-0.4, -0.2) is 73.2 Å². The van der Waals surface area contributed by atoms with E-state index in [4.69, 9.17) is 31.3 Å². The fourth-order valence-corrected chi connectivity index (χ4v) is 5.43. The van der Waals surface area contributed by atoms with Crippen LogP contribution in [0.3, 0.4) is 0 Å². The molecule has 1 saturated carbocycles. The van der Waals surface area contributed by atoms with Crippen LogP contribution >= 0.6 is 0 Å². The molecule has 0 aromatic heterocycles. The summed E-state index contributed by atoms with van der Waals surface area (Å²) < 4.78 is 36.0. The van der Waals surface area contributed by atoms with Crippen molar-refractivity contribution in [1.29, 1.82) is 0 Å². The first kappa shape index (κ1) is 21.2. The van der Waals surface area contributed by atoms with Gasteiger partial charge in [-0.2, -0.15) is 0 Å². The first-order chi connectivity index (χ1) is 11.1. The summed E-state index contributed by atoms with van der Waals surface area (Å²) >= 11 is 0. The van der Waals surface area contributed by atoms with Crippen LogP contribution in [0.2, 0.25) is 6.04 Å². The van der Waals surface area contributed by atoms with E-state index < -0.39 is 18.3 Å². The summed E-state index contributed by atoms with van der Waals surface area (Å²) in [7, 11) is 5.74. The third-order valence-electron chi connectivity index (χ3n) is 4.48. The van der Waals surface area contributed by atoms with Gasteiger partial charge < -0.3 is 31.3 Å². The standard InChI is InChI=1S/C11H22O4Si.C3H10O3Si/c1-12-16(13-2,14-3)7-6-9-4-5-10-11(8-9)15-10;1-4-7(5-2)6-3/h9-11H,4-8H2,1-3H3;7H,1-3H3. The molecule has 7 nitrogen and oxygen atoms in total. The highest BCUT2D eigenvalue weighted by Gasteiger charge is 2.45. The van der Waals surface area contributed by atoms with Crippen LogP contribution in [0.1, 0.15) is 25.7 Å². The second kappa shape index (κ2) is 10.9. The maximum atomic E-state index is 5.54. The quantitative estimate of drug-likeness (QED) is 0.451. The summed E-state index contributed by atoms with van der Waals surface area (Å²) in [6.45, 7) is 0. The molecule has 1 heterocycles. The lowest BCUT2D eigenvalue weighted by Crippen LogP contribution is -2.43. The van der Waals surface area contributed by atoms with Crippen molar-refractivity contribution in [1.82, 2.24) is 0 Å². The van der Waals surface area contributed by atoms with Crippen molar-refractivity contribution >= 4 is 18.3 Å². The summed E-state index contributed by atoms with van der Waals surface area (Å²) in [6.07, 6.45) is 6.01. The van der Waals surface area contributed by atoms with Gasteiger partial charge in [-0.05, 0) is 31.6 Å². The molecule has 138 valence electrons. The van der Waals surface area contributed by atoms with Crippen molar-refractivity contribution < 1.29 is 31.3 Å². The molecule has 1 saturated heterocycles. The highest BCUT2D eigenvalue weighted by Crippen LogP contribution is 2.41. The predicted octanol–water partition coefficient (Wildman–Crippen LogP) is 1.46. The average Bonchev–Trinajstić information content (AvgIpc) is 3.37. The summed E-state index contributed by atoms with van der Waals surface area (Å²) in [4.78, 5) is 0. The third-order valence-corrected chi connectivity index (χ3v) is 8.40. The van der Waals surface area contributed by atoms with Crippen LogP contribution in [0, 0.1) is 5.92 Å². The summed E-state index contributed by atoms with van der Waals surface area (Å²) in [6, 6.07) is 0.915. The average molecular weight is 369 g/mol. The zero-order chi connectivity index (χ0) is 17.3. The summed E-state index contributed by atoms with van der Waals surface area (Å²) in [5.74, 6) is 0.760. The van der Waals surface area contributed by atoms with Crippen LogP contribution < -0.4 is 0 Å². The molecule has 1 aliphatic carbocycles. The van der Waals surface area contributed by atoms with Gasteiger partial charge >= 0.3 is 18.3 Å². The number of hydrogen-bond acceptors (Lipinski definition) is 7. The SMILES string of the molecule is CO[SiH](OC)OC.CO[Si](CCC1CCC2OC2C1)(OC)OC. The fraction of sp³-hybridized carbons (Fsp3) is 1.00. The molecule has 3 unspecified atom stereocenters. The Morgan fingerprint density at radius 2 is 1.43 bits per heavy atom. The van der Waals surface area contributed by atoms with Gasteiger partial charge in [0.2, 0.25) is 0 Å². The molecular formula is C14H32O7Si2. The molecule has 0 spiro atoms. The van der Waals surface area contributed by atoms with Gasteiger partial charge in [0.05, 0.1) is 12.2 Å². The highest BCUT2D eigenvalue weighted by atomic mass is 28.4. The molecule has 2 aliphatic rings. The van der Waals surface area contributed by atoms with Gasteiger partial charge in [0.25, 0.3) is 0 Å². The van der Waals surface area contributed by atoms with E-state index in [-0.39, 0.29) is 0 Å². The number of ether oxygens (including phenoxy) is 1. The molecule has 3 atom stereocenters. The number of epoxide rings is 1. The molecule has 0 aromatic rings. The first-order valence-corrected chi connectivity index (χ1v) is 11.3. The van der Waals surface area contributed by atoms with E-state index in [1.165, 1.54) is 19.3 Å². The molecule has 2 fully saturated rings. The van der Waals surface area contributed by atoms with E-state index in [1.807, 2.05) is 0 Å². The topological polar surface area (TPSA) is 67.9 Å². The van der Waals surface area contributed by atoms with Crippen molar-refractivity contribution in [3.05, 3.63) is 0 Å². The second-order valence-corrected chi connectivity index (χ2v) is 10.8. The minimum absolute atomic E-state index is 0.558. The molecule has 0 N–H and O–H groups in total. The van der Waals surface area contributed by atoms with Crippen LogP contribution in [0.25, 0.3) is 0 Å². The van der Waals surface area contributed by atoms with Crippen molar-refractivity contribution in [2.24, 2.45) is 5.92 Å². The lowest BCUT2D eigenvalue weighted by Gasteiger charge is -2.27. The molecule has 1 aliphatic heterocycles. The number of fused-ring (bicyclic) bond motifs is 1. The lowest BCUT2D eigenvalue weighted by atomic mass is 9.88. The number of hydrogen-bond donors (Lipinski definition) is 0. The third kappa shape index (κ3) is 6.88. The Morgan fingerprint density at radius 1 is 0.870 bits per heavy atom. The summed E-state index contributed by atoms with van der Waals surface area (Å²) in [5, 5.41) is 0. The van der Waals surface area contributed by atoms with Gasteiger partial charge in [0.1, 0.15) is 0 Å². The van der Waals surface area contributed by atoms with E-state index in [0.717, 1.165) is 18.4 Å². The molecule has 23 heavy (non-hydrogen) atoms. The molecule has 9 heteroatoms. The van der Waals surface area contributed by atoms with Crippen LogP contribution in [0.5, 0.6) is 0 Å². The second-order valence-electron chi connectivity index (χ2n) is 5.72. The van der Waals surface area contributed by atoms with Gasteiger partial charge in [-0.3, -0.25) is 0 Å². The Morgan fingerprint density at radius 3 is 1.83 bits per heavy atom. The Balaban J connectivity index is 0.000000322. The van der Waals surface area contributed by atoms with Gasteiger partial charge in [-0.1, -0.05) is 0 Å².